The SMILES string of the molecule is O=S(=O)(c1ccc(CNCc2c[nH]c3ccccc23)cc1)n1ccc(/C=C/c2noc(C(F)(F)F)n2)c1. The molecule has 0 saturated heterocycles. The molecular formula is C25H20F3N5O3S. The van der Waals surface area contributed by atoms with Crippen LogP contribution >= 0.6 is 0 Å². The van der Waals surface area contributed by atoms with Gasteiger partial charge in [-0.2, -0.15) is 18.2 Å². The first-order chi connectivity index (χ1) is 17.7. The van der Waals surface area contributed by atoms with Crippen molar-refractivity contribution in [3.8, 4) is 0 Å². The van der Waals surface area contributed by atoms with Crippen LogP contribution in [0.3, 0.4) is 0 Å². The van der Waals surface area contributed by atoms with Crippen molar-refractivity contribution < 1.29 is 26.1 Å². The van der Waals surface area contributed by atoms with Crippen LogP contribution in [0.1, 0.15) is 28.4 Å². The predicted molar refractivity (Wildman–Crippen MR) is 131 cm³/mol. The number of halogens is 3. The molecule has 0 fully saturated rings. The fraction of sp³-hybridized carbons (Fsp3) is 0.120. The molecule has 190 valence electrons. The van der Waals surface area contributed by atoms with Crippen LogP contribution in [0.4, 0.5) is 13.2 Å². The van der Waals surface area contributed by atoms with Crippen molar-refractivity contribution in [3.05, 3.63) is 102 Å². The number of nitrogens with one attached hydrogen (secondary N) is 2. The zero-order chi connectivity index (χ0) is 26.0. The molecule has 0 aliphatic rings. The third kappa shape index (κ3) is 5.34. The van der Waals surface area contributed by atoms with E-state index in [-0.39, 0.29) is 10.7 Å². The van der Waals surface area contributed by atoms with Crippen LogP contribution in [-0.2, 0) is 29.3 Å². The van der Waals surface area contributed by atoms with Gasteiger partial charge in [-0.25, -0.2) is 12.4 Å². The standard InChI is InChI=1S/C25H20F3N5O3S/c26-25(27,28)24-31-23(32-36-24)10-7-18-11-12-33(16-18)37(34,35)20-8-5-17(6-9-20)13-29-14-19-15-30-22-4-2-1-3-21(19)22/h1-12,15-16,29-30H,13-14H2/b10-7+. The van der Waals surface area contributed by atoms with Crippen LogP contribution in [0, 0.1) is 0 Å². The van der Waals surface area contributed by atoms with Crippen molar-refractivity contribution in [3.63, 3.8) is 0 Å². The first-order valence-corrected chi connectivity index (χ1v) is 12.5. The van der Waals surface area contributed by atoms with E-state index in [0.717, 1.165) is 26.0 Å². The van der Waals surface area contributed by atoms with Crippen LogP contribution in [-0.4, -0.2) is 27.5 Å². The topological polar surface area (TPSA) is 106 Å². The van der Waals surface area contributed by atoms with Gasteiger partial charge in [-0.05, 0) is 53.1 Å². The minimum atomic E-state index is -4.74. The molecule has 0 aliphatic heterocycles. The maximum atomic E-state index is 13.0. The number of nitrogens with zero attached hydrogens (tertiary/aromatic N) is 3. The largest absolute Gasteiger partial charge is 0.471 e. The Labute approximate surface area is 209 Å². The molecule has 0 radical (unpaired) electrons. The van der Waals surface area contributed by atoms with Gasteiger partial charge < -0.3 is 14.8 Å². The summed E-state index contributed by atoms with van der Waals surface area (Å²) in [5.74, 6) is -1.74. The summed E-state index contributed by atoms with van der Waals surface area (Å²) in [7, 11) is -3.85. The summed E-state index contributed by atoms with van der Waals surface area (Å²) in [6.45, 7) is 1.22. The fourth-order valence-electron chi connectivity index (χ4n) is 3.75. The average Bonchev–Trinajstić information content (AvgIpc) is 3.63. The molecule has 12 heteroatoms. The number of rotatable bonds is 8. The number of alkyl halides is 3. The molecule has 8 nitrogen and oxygen atoms in total. The fourth-order valence-corrected chi connectivity index (χ4v) is 4.95. The normalized spacial score (nSPS) is 12.6. The third-order valence-corrected chi connectivity index (χ3v) is 7.27. The second-order valence-corrected chi connectivity index (χ2v) is 10.0. The van der Waals surface area contributed by atoms with E-state index in [4.69, 9.17) is 0 Å². The molecule has 0 bridgehead atoms. The lowest BCUT2D eigenvalue weighted by Crippen LogP contribution is -2.13. The number of para-hydroxylation sites is 1. The minimum absolute atomic E-state index is 0.104. The number of hydrogen-bond acceptors (Lipinski definition) is 6. The zero-order valence-corrected chi connectivity index (χ0v) is 19.9. The van der Waals surface area contributed by atoms with Gasteiger partial charge in [0.2, 0.25) is 0 Å². The van der Waals surface area contributed by atoms with Gasteiger partial charge in [-0.3, -0.25) is 0 Å². The van der Waals surface area contributed by atoms with Gasteiger partial charge in [0.1, 0.15) is 0 Å². The Kier molecular flexibility index (Phi) is 6.44. The highest BCUT2D eigenvalue weighted by Crippen LogP contribution is 2.27. The molecule has 5 rings (SSSR count). The molecule has 0 spiro atoms. The van der Waals surface area contributed by atoms with Crippen LogP contribution < -0.4 is 5.32 Å². The van der Waals surface area contributed by atoms with Crippen molar-refractivity contribution in [2.75, 3.05) is 0 Å². The smallest absolute Gasteiger partial charge is 0.361 e. The van der Waals surface area contributed by atoms with E-state index >= 15 is 0 Å². The number of benzene rings is 2. The van der Waals surface area contributed by atoms with Crippen LogP contribution in [0.2, 0.25) is 0 Å². The third-order valence-electron chi connectivity index (χ3n) is 5.62. The van der Waals surface area contributed by atoms with Crippen molar-refractivity contribution in [2.24, 2.45) is 0 Å². The summed E-state index contributed by atoms with van der Waals surface area (Å²) in [5, 5.41) is 7.75. The summed E-state index contributed by atoms with van der Waals surface area (Å²) < 4.78 is 68.9. The van der Waals surface area contributed by atoms with Gasteiger partial charge in [0.15, 0.2) is 5.82 Å². The summed E-state index contributed by atoms with van der Waals surface area (Å²) in [6.07, 6.45) is 2.51. The first-order valence-electron chi connectivity index (χ1n) is 11.1. The Morgan fingerprint density at radius 2 is 1.81 bits per heavy atom. The Morgan fingerprint density at radius 3 is 2.57 bits per heavy atom. The van der Waals surface area contributed by atoms with Gasteiger partial charge in [-0.1, -0.05) is 35.5 Å². The van der Waals surface area contributed by atoms with Crippen LogP contribution in [0.15, 0.2) is 82.6 Å². The van der Waals surface area contributed by atoms with Gasteiger partial charge in [0.25, 0.3) is 10.0 Å². The molecule has 0 unspecified atom stereocenters. The van der Waals surface area contributed by atoms with E-state index in [9.17, 15) is 21.6 Å². The predicted octanol–water partition coefficient (Wildman–Crippen LogP) is 5.07. The second-order valence-electron chi connectivity index (χ2n) is 8.18. The molecule has 0 saturated carbocycles. The van der Waals surface area contributed by atoms with E-state index in [2.05, 4.69) is 31.0 Å². The molecule has 2 aromatic carbocycles. The van der Waals surface area contributed by atoms with Gasteiger partial charge in [0, 0.05) is 42.6 Å². The average molecular weight is 528 g/mol. The number of fused-ring (bicyclic) bond motifs is 1. The lowest BCUT2D eigenvalue weighted by molar-refractivity contribution is -0.159. The molecule has 37 heavy (non-hydrogen) atoms. The quantitative estimate of drug-likeness (QED) is 0.292. The van der Waals surface area contributed by atoms with E-state index in [1.165, 1.54) is 42.7 Å². The Hall–Kier alpha value is -4.16. The summed E-state index contributed by atoms with van der Waals surface area (Å²) in [5.41, 5.74) is 3.57. The highest BCUT2D eigenvalue weighted by Gasteiger charge is 2.38. The summed E-state index contributed by atoms with van der Waals surface area (Å²) in [4.78, 5) is 6.58. The Morgan fingerprint density at radius 1 is 1.03 bits per heavy atom. The van der Waals surface area contributed by atoms with Crippen molar-refractivity contribution >= 4 is 33.1 Å². The summed E-state index contributed by atoms with van der Waals surface area (Å²) in [6, 6.07) is 16.1. The Balaban J connectivity index is 1.21. The van der Waals surface area contributed by atoms with E-state index in [1.54, 1.807) is 12.1 Å². The molecule has 0 atom stereocenters. The number of aromatic amines is 1. The molecular weight excluding hydrogens is 507 g/mol. The molecule has 2 N–H and O–H groups in total. The van der Waals surface area contributed by atoms with E-state index < -0.39 is 22.1 Å². The minimum Gasteiger partial charge on any atom is -0.361 e. The first kappa shape index (κ1) is 24.5. The van der Waals surface area contributed by atoms with Crippen molar-refractivity contribution in [1.82, 2.24) is 24.4 Å². The lowest BCUT2D eigenvalue weighted by atomic mass is 10.1. The number of H-pyrrole nitrogens is 1. The molecule has 0 aliphatic carbocycles. The lowest BCUT2D eigenvalue weighted by Gasteiger charge is -2.08. The number of hydrogen-bond donors (Lipinski definition) is 2. The second kappa shape index (κ2) is 9.71. The zero-order valence-electron chi connectivity index (χ0n) is 19.1. The summed E-state index contributed by atoms with van der Waals surface area (Å²) >= 11 is 0. The van der Waals surface area contributed by atoms with Crippen molar-refractivity contribution in [2.45, 2.75) is 24.2 Å². The highest BCUT2D eigenvalue weighted by molar-refractivity contribution is 7.90. The van der Waals surface area contributed by atoms with Gasteiger partial charge in [-0.15, -0.1) is 0 Å². The highest BCUT2D eigenvalue weighted by atomic mass is 32.2. The molecule has 0 amide bonds. The van der Waals surface area contributed by atoms with Gasteiger partial charge in [0.05, 0.1) is 4.90 Å². The monoisotopic (exact) mass is 527 g/mol. The van der Waals surface area contributed by atoms with E-state index in [0.29, 0.717) is 18.7 Å². The maximum absolute atomic E-state index is 13.0. The molecule has 3 aromatic heterocycles. The number of aromatic nitrogens is 4. The van der Waals surface area contributed by atoms with Crippen LogP contribution in [0.5, 0.6) is 0 Å². The molecule has 5 aromatic rings. The molecule has 3 heterocycles. The van der Waals surface area contributed by atoms with Crippen molar-refractivity contribution in [1.29, 1.82) is 0 Å². The van der Waals surface area contributed by atoms with Gasteiger partial charge >= 0.3 is 12.1 Å². The van der Waals surface area contributed by atoms with E-state index in [1.807, 2.05) is 24.4 Å². The maximum Gasteiger partial charge on any atom is 0.471 e. The van der Waals surface area contributed by atoms with Crippen LogP contribution in [0.25, 0.3) is 23.1 Å². The Bertz CT molecular complexity index is 1670.